The molecule has 6 nitrogen and oxygen atoms in total. The summed E-state index contributed by atoms with van der Waals surface area (Å²) in [5.74, 6) is -0.0710. The largest absolute Gasteiger partial charge is 0.341 e. The molecule has 1 amide bonds. The molecule has 0 saturated heterocycles. The first-order valence-corrected chi connectivity index (χ1v) is 6.94. The highest BCUT2D eigenvalue weighted by Gasteiger charge is 2.25. The minimum atomic E-state index is -0.130. The summed E-state index contributed by atoms with van der Waals surface area (Å²) in [4.78, 5) is 18.7. The minimum absolute atomic E-state index is 0. The Labute approximate surface area is 136 Å². The van der Waals surface area contributed by atoms with E-state index in [4.69, 9.17) is 10.3 Å². The number of halogens is 1. The second-order valence-electron chi connectivity index (χ2n) is 6.29. The molecule has 2 heterocycles. The van der Waals surface area contributed by atoms with Gasteiger partial charge in [0.25, 0.3) is 11.6 Å². The fourth-order valence-corrected chi connectivity index (χ4v) is 2.37. The van der Waals surface area contributed by atoms with Crippen molar-refractivity contribution >= 4 is 29.4 Å². The molecule has 7 heteroatoms. The molecule has 0 aliphatic rings. The Bertz CT molecular complexity index is 681. The Morgan fingerprint density at radius 1 is 1.41 bits per heavy atom. The number of aryl methyl sites for hydroxylation is 2. The second-order valence-corrected chi connectivity index (χ2v) is 6.29. The third-order valence-electron chi connectivity index (χ3n) is 3.54. The summed E-state index contributed by atoms with van der Waals surface area (Å²) in [7, 11) is 1.78. The topological polar surface area (TPSA) is 85.2 Å². The molecular formula is C15H23ClN4O2. The van der Waals surface area contributed by atoms with E-state index in [0.717, 1.165) is 5.69 Å². The van der Waals surface area contributed by atoms with E-state index >= 15 is 0 Å². The lowest BCUT2D eigenvalue weighted by atomic mass is 9.93. The normalized spacial score (nSPS) is 11.4. The van der Waals surface area contributed by atoms with Gasteiger partial charge in [-0.05, 0) is 31.9 Å². The summed E-state index contributed by atoms with van der Waals surface area (Å²) < 4.78 is 5.17. The Kier molecular flexibility index (Phi) is 5.54. The highest BCUT2D eigenvalue weighted by molar-refractivity contribution is 6.05. The zero-order valence-corrected chi connectivity index (χ0v) is 14.5. The van der Waals surface area contributed by atoms with Crippen LogP contribution >= 0.6 is 12.4 Å². The third-order valence-corrected chi connectivity index (χ3v) is 3.54. The Morgan fingerprint density at radius 2 is 2.05 bits per heavy atom. The maximum absolute atomic E-state index is 12.7. The number of hydrogen-bond acceptors (Lipinski definition) is 5. The van der Waals surface area contributed by atoms with Crippen LogP contribution in [0, 0.1) is 19.3 Å². The van der Waals surface area contributed by atoms with Gasteiger partial charge in [-0.2, -0.15) is 0 Å². The minimum Gasteiger partial charge on any atom is -0.341 e. The number of pyridine rings is 1. The van der Waals surface area contributed by atoms with Gasteiger partial charge in [-0.3, -0.25) is 4.79 Å². The van der Waals surface area contributed by atoms with Crippen LogP contribution < -0.4 is 5.73 Å². The fourth-order valence-electron chi connectivity index (χ4n) is 2.37. The fraction of sp³-hybridized carbons (Fsp3) is 0.533. The van der Waals surface area contributed by atoms with Gasteiger partial charge in [0.1, 0.15) is 0 Å². The van der Waals surface area contributed by atoms with Gasteiger partial charge in [-0.25, -0.2) is 4.98 Å². The Morgan fingerprint density at radius 3 is 2.64 bits per heavy atom. The number of rotatable bonds is 4. The van der Waals surface area contributed by atoms with E-state index < -0.39 is 0 Å². The maximum Gasteiger partial charge on any atom is 0.258 e. The van der Waals surface area contributed by atoms with Crippen LogP contribution in [0.4, 0.5) is 0 Å². The van der Waals surface area contributed by atoms with Crippen molar-refractivity contribution in [3.63, 3.8) is 0 Å². The number of carbonyl (C=O) groups is 1. The third kappa shape index (κ3) is 3.56. The van der Waals surface area contributed by atoms with Crippen LogP contribution in [0.25, 0.3) is 11.1 Å². The molecule has 0 aliphatic heterocycles. The predicted molar refractivity (Wildman–Crippen MR) is 88.3 cm³/mol. The number of fused-ring (bicyclic) bond motifs is 1. The molecule has 0 radical (unpaired) electrons. The molecule has 2 rings (SSSR count). The van der Waals surface area contributed by atoms with E-state index in [1.807, 2.05) is 27.7 Å². The summed E-state index contributed by atoms with van der Waals surface area (Å²) in [6.07, 6.45) is 0. The molecule has 0 aromatic carbocycles. The van der Waals surface area contributed by atoms with Gasteiger partial charge in [0.2, 0.25) is 0 Å². The summed E-state index contributed by atoms with van der Waals surface area (Å²) in [6.45, 7) is 8.81. The maximum atomic E-state index is 12.7. The molecule has 2 aromatic heterocycles. The summed E-state index contributed by atoms with van der Waals surface area (Å²) in [6, 6.07) is 1.78. The van der Waals surface area contributed by atoms with Crippen molar-refractivity contribution < 1.29 is 9.32 Å². The van der Waals surface area contributed by atoms with Gasteiger partial charge in [-0.1, -0.05) is 19.0 Å². The van der Waals surface area contributed by atoms with Crippen molar-refractivity contribution in [2.75, 3.05) is 20.1 Å². The van der Waals surface area contributed by atoms with Crippen molar-refractivity contribution in [2.24, 2.45) is 11.1 Å². The van der Waals surface area contributed by atoms with Crippen LogP contribution in [0.1, 0.15) is 35.6 Å². The summed E-state index contributed by atoms with van der Waals surface area (Å²) in [5.41, 5.74) is 8.00. The van der Waals surface area contributed by atoms with Crippen molar-refractivity contribution in [1.29, 1.82) is 0 Å². The first-order chi connectivity index (χ1) is 9.75. The first kappa shape index (κ1) is 18.4. The van der Waals surface area contributed by atoms with E-state index in [-0.39, 0.29) is 23.7 Å². The molecule has 2 aromatic rings. The van der Waals surface area contributed by atoms with E-state index in [1.54, 1.807) is 18.0 Å². The zero-order valence-electron chi connectivity index (χ0n) is 13.6. The summed E-state index contributed by atoms with van der Waals surface area (Å²) >= 11 is 0. The average Bonchev–Trinajstić information content (AvgIpc) is 2.78. The van der Waals surface area contributed by atoms with E-state index in [1.165, 1.54) is 0 Å². The molecule has 122 valence electrons. The Balaban J connectivity index is 0.00000242. The van der Waals surface area contributed by atoms with Gasteiger partial charge < -0.3 is 15.2 Å². The molecular weight excluding hydrogens is 304 g/mol. The monoisotopic (exact) mass is 326 g/mol. The van der Waals surface area contributed by atoms with E-state index in [9.17, 15) is 4.79 Å². The number of nitrogens with zero attached hydrogens (tertiary/aromatic N) is 3. The molecule has 2 N–H and O–H groups in total. The highest BCUT2D eigenvalue weighted by Crippen LogP contribution is 2.24. The van der Waals surface area contributed by atoms with Gasteiger partial charge in [-0.15, -0.1) is 12.4 Å². The molecule has 0 unspecified atom stereocenters. The number of nitrogens with two attached hydrogens (primary N) is 1. The number of carbonyl (C=O) groups excluding carboxylic acids is 1. The molecule has 0 spiro atoms. The van der Waals surface area contributed by atoms with Gasteiger partial charge in [0, 0.05) is 19.3 Å². The second kappa shape index (κ2) is 6.62. The van der Waals surface area contributed by atoms with E-state index in [0.29, 0.717) is 35.4 Å². The summed E-state index contributed by atoms with van der Waals surface area (Å²) in [5, 5.41) is 4.59. The highest BCUT2D eigenvalue weighted by atomic mass is 35.5. The lowest BCUT2D eigenvalue weighted by molar-refractivity contribution is 0.0742. The smallest absolute Gasteiger partial charge is 0.258 e. The van der Waals surface area contributed by atoms with Gasteiger partial charge >= 0.3 is 0 Å². The number of hydrogen-bond donors (Lipinski definition) is 1. The molecule has 0 bridgehead atoms. The molecule has 0 atom stereocenters. The standard InChI is InChI=1S/C15H22N4O2.ClH/c1-9-6-11(12-10(2)18-21-13(12)17-9)14(20)19(5)8-15(3,4)7-16;/h6H,7-8,16H2,1-5H3;1H. The lowest BCUT2D eigenvalue weighted by Crippen LogP contribution is -2.39. The molecule has 22 heavy (non-hydrogen) atoms. The number of aromatic nitrogens is 2. The van der Waals surface area contributed by atoms with Crippen LogP contribution in [-0.4, -0.2) is 41.1 Å². The van der Waals surface area contributed by atoms with Crippen molar-refractivity contribution in [3.05, 3.63) is 23.0 Å². The van der Waals surface area contributed by atoms with Crippen LogP contribution in [0.5, 0.6) is 0 Å². The van der Waals surface area contributed by atoms with Crippen LogP contribution in [-0.2, 0) is 0 Å². The van der Waals surface area contributed by atoms with Gasteiger partial charge in [0.05, 0.1) is 16.6 Å². The SMILES string of the molecule is Cc1cc(C(=O)N(C)CC(C)(C)CN)c2c(C)noc2n1.Cl. The van der Waals surface area contributed by atoms with E-state index in [2.05, 4.69) is 10.1 Å². The first-order valence-electron chi connectivity index (χ1n) is 6.94. The molecule has 0 aliphatic carbocycles. The lowest BCUT2D eigenvalue weighted by Gasteiger charge is -2.29. The van der Waals surface area contributed by atoms with Crippen molar-refractivity contribution in [2.45, 2.75) is 27.7 Å². The Hall–Kier alpha value is -1.66. The zero-order chi connectivity index (χ0) is 15.8. The van der Waals surface area contributed by atoms with Gasteiger partial charge in [0.15, 0.2) is 0 Å². The molecule has 0 saturated carbocycles. The van der Waals surface area contributed by atoms with Crippen molar-refractivity contribution in [3.8, 4) is 0 Å². The average molecular weight is 327 g/mol. The quantitative estimate of drug-likeness (QED) is 0.931. The van der Waals surface area contributed by atoms with Crippen LogP contribution in [0.3, 0.4) is 0 Å². The molecule has 0 fully saturated rings. The number of amides is 1. The van der Waals surface area contributed by atoms with Crippen LogP contribution in [0.15, 0.2) is 10.6 Å². The predicted octanol–water partition coefficient (Wildman–Crippen LogP) is 2.32. The van der Waals surface area contributed by atoms with Crippen LogP contribution in [0.2, 0.25) is 0 Å². The van der Waals surface area contributed by atoms with Crippen molar-refractivity contribution in [1.82, 2.24) is 15.0 Å².